The van der Waals surface area contributed by atoms with Gasteiger partial charge in [-0.2, -0.15) is 0 Å². The van der Waals surface area contributed by atoms with Crippen LogP contribution in [0.2, 0.25) is 0 Å². The molecule has 1 saturated carbocycles. The number of hydrogen-bond acceptors (Lipinski definition) is 5. The van der Waals surface area contributed by atoms with E-state index in [1.165, 1.54) is 0 Å². The minimum absolute atomic E-state index is 0.0207. The molecular weight excluding hydrogens is 306 g/mol. The molecule has 1 saturated heterocycles. The maximum atomic E-state index is 12.4. The highest BCUT2D eigenvalue weighted by atomic mass is 16.5. The minimum Gasteiger partial charge on any atom is -0.360 e. The number of nitrogens with zero attached hydrogens (tertiary/aromatic N) is 2. The number of piperidine rings is 1. The highest BCUT2D eigenvalue weighted by Crippen LogP contribution is 2.40. The summed E-state index contributed by atoms with van der Waals surface area (Å²) in [6.07, 6.45) is 4.62. The van der Waals surface area contributed by atoms with Gasteiger partial charge in [-0.15, -0.1) is 0 Å². The van der Waals surface area contributed by atoms with Crippen molar-refractivity contribution in [1.82, 2.24) is 10.1 Å². The zero-order valence-corrected chi connectivity index (χ0v) is 14.5. The zero-order chi connectivity index (χ0) is 17.3. The summed E-state index contributed by atoms with van der Waals surface area (Å²) >= 11 is 0. The molecule has 2 heterocycles. The molecule has 0 radical (unpaired) electrons. The maximum absolute atomic E-state index is 12.4. The molecule has 1 aromatic rings. The van der Waals surface area contributed by atoms with Crippen molar-refractivity contribution in [2.24, 2.45) is 17.6 Å². The molecule has 1 aromatic heterocycles. The van der Waals surface area contributed by atoms with Crippen LogP contribution in [0.5, 0.6) is 0 Å². The van der Waals surface area contributed by atoms with Crippen LogP contribution < -0.4 is 5.73 Å². The van der Waals surface area contributed by atoms with Gasteiger partial charge < -0.3 is 15.2 Å². The summed E-state index contributed by atoms with van der Waals surface area (Å²) in [5.74, 6) is 2.16. The number of carbonyl (C=O) groups is 2. The monoisotopic (exact) mass is 333 g/mol. The second-order valence-corrected chi connectivity index (χ2v) is 7.44. The van der Waals surface area contributed by atoms with Gasteiger partial charge >= 0.3 is 0 Å². The first-order chi connectivity index (χ1) is 11.5. The van der Waals surface area contributed by atoms with Gasteiger partial charge in [-0.1, -0.05) is 12.1 Å². The van der Waals surface area contributed by atoms with Gasteiger partial charge in [0, 0.05) is 31.5 Å². The number of Topliss-reactive ketones (excluding diaryl/α,β-unsaturated/α-hetero) is 1. The second-order valence-electron chi connectivity index (χ2n) is 7.44. The number of nitrogens with two attached hydrogens (primary N) is 1. The van der Waals surface area contributed by atoms with E-state index in [9.17, 15) is 9.59 Å². The van der Waals surface area contributed by atoms with Crippen LogP contribution in [0, 0.1) is 11.8 Å². The van der Waals surface area contributed by atoms with Crippen molar-refractivity contribution in [1.29, 1.82) is 0 Å². The molecule has 1 aliphatic heterocycles. The van der Waals surface area contributed by atoms with Gasteiger partial charge in [-0.3, -0.25) is 9.59 Å². The molecule has 6 nitrogen and oxygen atoms in total. The SMILES string of the molecule is CC(CC(=O)c1cc(C2CC2)on1)C1CCN(C(=O)[C@H](C)N)CC1. The number of ketones is 1. The lowest BCUT2D eigenvalue weighted by Crippen LogP contribution is -2.46. The number of aromatic nitrogens is 1. The maximum Gasteiger partial charge on any atom is 0.239 e. The molecule has 24 heavy (non-hydrogen) atoms. The van der Waals surface area contributed by atoms with Gasteiger partial charge in [-0.25, -0.2) is 0 Å². The molecule has 0 aromatic carbocycles. The molecular formula is C18H27N3O3. The Bertz CT molecular complexity index is 598. The van der Waals surface area contributed by atoms with Crippen molar-refractivity contribution >= 4 is 11.7 Å². The summed E-state index contributed by atoms with van der Waals surface area (Å²) in [5, 5.41) is 3.94. The molecule has 0 spiro atoms. The van der Waals surface area contributed by atoms with E-state index < -0.39 is 6.04 Å². The molecule has 132 valence electrons. The van der Waals surface area contributed by atoms with Gasteiger partial charge in [0.1, 0.15) is 11.5 Å². The smallest absolute Gasteiger partial charge is 0.239 e. The number of hydrogen-bond donors (Lipinski definition) is 1. The van der Waals surface area contributed by atoms with E-state index in [2.05, 4.69) is 12.1 Å². The topological polar surface area (TPSA) is 89.4 Å². The van der Waals surface area contributed by atoms with E-state index in [-0.39, 0.29) is 17.6 Å². The van der Waals surface area contributed by atoms with E-state index in [1.54, 1.807) is 6.92 Å². The third kappa shape index (κ3) is 3.86. The Morgan fingerprint density at radius 3 is 2.54 bits per heavy atom. The molecule has 2 atom stereocenters. The number of amides is 1. The van der Waals surface area contributed by atoms with Crippen LogP contribution in [0.3, 0.4) is 0 Å². The van der Waals surface area contributed by atoms with Gasteiger partial charge in [0.2, 0.25) is 5.91 Å². The Labute approximate surface area is 142 Å². The van der Waals surface area contributed by atoms with Crippen LogP contribution in [0.4, 0.5) is 0 Å². The summed E-state index contributed by atoms with van der Waals surface area (Å²) in [5.41, 5.74) is 6.13. The van der Waals surface area contributed by atoms with Crippen molar-refractivity contribution < 1.29 is 14.1 Å². The van der Waals surface area contributed by atoms with Crippen LogP contribution in [0.15, 0.2) is 10.6 Å². The van der Waals surface area contributed by atoms with Crippen LogP contribution >= 0.6 is 0 Å². The first kappa shape index (κ1) is 17.1. The fourth-order valence-electron chi connectivity index (χ4n) is 3.52. The standard InChI is InChI=1S/C18H27N3O3/c1-11(13-5-7-21(8-6-13)18(23)12(2)19)9-16(22)15-10-17(24-20-15)14-3-4-14/h10-14H,3-9,19H2,1-2H3/t11?,12-/m0/s1. The second kappa shape index (κ2) is 7.05. The predicted molar refractivity (Wildman–Crippen MR) is 89.5 cm³/mol. The average Bonchev–Trinajstić information content (AvgIpc) is 3.31. The van der Waals surface area contributed by atoms with Crippen molar-refractivity contribution in [3.05, 3.63) is 17.5 Å². The third-order valence-electron chi connectivity index (χ3n) is 5.35. The summed E-state index contributed by atoms with van der Waals surface area (Å²) in [7, 11) is 0. The van der Waals surface area contributed by atoms with E-state index in [1.807, 2.05) is 11.0 Å². The van der Waals surface area contributed by atoms with Crippen LogP contribution in [-0.2, 0) is 4.79 Å². The lowest BCUT2D eigenvalue weighted by Gasteiger charge is -2.35. The van der Waals surface area contributed by atoms with Gasteiger partial charge in [0.25, 0.3) is 0 Å². The van der Waals surface area contributed by atoms with Gasteiger partial charge in [0.15, 0.2) is 5.78 Å². The minimum atomic E-state index is -0.437. The molecule has 1 aliphatic carbocycles. The Morgan fingerprint density at radius 1 is 1.29 bits per heavy atom. The molecule has 2 fully saturated rings. The highest BCUT2D eigenvalue weighted by Gasteiger charge is 2.31. The Hall–Kier alpha value is -1.69. The summed E-state index contributed by atoms with van der Waals surface area (Å²) in [4.78, 5) is 26.2. The van der Waals surface area contributed by atoms with Crippen molar-refractivity contribution in [3.8, 4) is 0 Å². The van der Waals surface area contributed by atoms with E-state index in [4.69, 9.17) is 10.3 Å². The van der Waals surface area contributed by atoms with Crippen molar-refractivity contribution in [2.45, 2.75) is 57.9 Å². The van der Waals surface area contributed by atoms with Gasteiger partial charge in [0.05, 0.1) is 6.04 Å². The Balaban J connectivity index is 1.49. The number of carbonyl (C=O) groups excluding carboxylic acids is 2. The first-order valence-corrected chi connectivity index (χ1v) is 9.00. The van der Waals surface area contributed by atoms with Crippen LogP contribution in [0.25, 0.3) is 0 Å². The Kier molecular flexibility index (Phi) is 5.04. The molecule has 3 rings (SSSR count). The molecule has 2 aliphatic rings. The summed E-state index contributed by atoms with van der Waals surface area (Å²) in [6, 6.07) is 1.38. The van der Waals surface area contributed by atoms with Gasteiger partial charge in [-0.05, 0) is 44.4 Å². The quantitative estimate of drug-likeness (QED) is 0.807. The van der Waals surface area contributed by atoms with E-state index in [0.717, 1.165) is 44.5 Å². The molecule has 0 bridgehead atoms. The predicted octanol–water partition coefficient (Wildman–Crippen LogP) is 2.35. The van der Waals surface area contributed by atoms with Crippen molar-refractivity contribution in [3.63, 3.8) is 0 Å². The average molecular weight is 333 g/mol. The summed E-state index contributed by atoms with van der Waals surface area (Å²) in [6.45, 7) is 5.32. The zero-order valence-electron chi connectivity index (χ0n) is 14.5. The largest absolute Gasteiger partial charge is 0.360 e. The normalized spacial score (nSPS) is 21.5. The van der Waals surface area contributed by atoms with E-state index >= 15 is 0 Å². The fraction of sp³-hybridized carbons (Fsp3) is 0.722. The van der Waals surface area contributed by atoms with Crippen molar-refractivity contribution in [2.75, 3.05) is 13.1 Å². The number of rotatable bonds is 6. The Morgan fingerprint density at radius 2 is 1.96 bits per heavy atom. The molecule has 2 N–H and O–H groups in total. The lowest BCUT2D eigenvalue weighted by molar-refractivity contribution is -0.133. The van der Waals surface area contributed by atoms with E-state index in [0.29, 0.717) is 24.0 Å². The third-order valence-corrected chi connectivity index (χ3v) is 5.35. The summed E-state index contributed by atoms with van der Waals surface area (Å²) < 4.78 is 5.27. The van der Waals surface area contributed by atoms with Crippen LogP contribution in [0.1, 0.15) is 68.1 Å². The molecule has 6 heteroatoms. The molecule has 1 unspecified atom stereocenters. The fourth-order valence-corrected chi connectivity index (χ4v) is 3.52. The highest BCUT2D eigenvalue weighted by molar-refractivity contribution is 5.94. The first-order valence-electron chi connectivity index (χ1n) is 9.00. The number of likely N-dealkylation sites (tertiary alicyclic amines) is 1. The molecule has 1 amide bonds. The van der Waals surface area contributed by atoms with Crippen LogP contribution in [-0.4, -0.2) is 40.9 Å². The lowest BCUT2D eigenvalue weighted by atomic mass is 9.82.